The summed E-state index contributed by atoms with van der Waals surface area (Å²) in [5.41, 5.74) is 0.216. The number of amides is 1. The summed E-state index contributed by atoms with van der Waals surface area (Å²) in [5.74, 6) is -0.526. The molecule has 3 nitrogen and oxygen atoms in total. The Morgan fingerprint density at radius 3 is 2.94 bits per heavy atom. The summed E-state index contributed by atoms with van der Waals surface area (Å²) in [6.45, 7) is 4.36. The molecule has 17 heavy (non-hydrogen) atoms. The number of hydrogen-bond acceptors (Lipinski definition) is 2. The molecular weight excluding hydrogens is 219 g/mol. The van der Waals surface area contributed by atoms with Crippen molar-refractivity contribution in [3.8, 4) is 0 Å². The highest BCUT2D eigenvalue weighted by Crippen LogP contribution is 2.23. The van der Waals surface area contributed by atoms with Crippen LogP contribution < -0.4 is 10.6 Å². The van der Waals surface area contributed by atoms with E-state index in [4.69, 9.17) is 0 Å². The summed E-state index contributed by atoms with van der Waals surface area (Å²) in [5, 5.41) is 5.81. The van der Waals surface area contributed by atoms with Crippen LogP contribution >= 0.6 is 0 Å². The molecule has 0 saturated carbocycles. The van der Waals surface area contributed by atoms with Gasteiger partial charge >= 0.3 is 0 Å². The molecule has 0 aliphatic carbocycles. The Bertz CT molecular complexity index is 439. The van der Waals surface area contributed by atoms with Crippen molar-refractivity contribution in [1.82, 2.24) is 5.32 Å². The Morgan fingerprint density at radius 1 is 1.53 bits per heavy atom. The largest absolute Gasteiger partial charge is 0.322 e. The van der Waals surface area contributed by atoms with E-state index in [1.165, 1.54) is 0 Å². The number of carbonyl (C=O) groups is 1. The number of nitrogens with one attached hydrogen (secondary N) is 2. The van der Waals surface area contributed by atoms with Gasteiger partial charge in [-0.2, -0.15) is 0 Å². The number of carbonyl (C=O) groups excluding carboxylic acids is 1. The summed E-state index contributed by atoms with van der Waals surface area (Å²) in [6, 6.07) is 5.00. The third-order valence-corrected chi connectivity index (χ3v) is 3.31. The van der Waals surface area contributed by atoms with Crippen LogP contribution in [-0.2, 0) is 4.79 Å². The van der Waals surface area contributed by atoms with Crippen LogP contribution in [-0.4, -0.2) is 18.0 Å². The van der Waals surface area contributed by atoms with E-state index in [2.05, 4.69) is 10.6 Å². The lowest BCUT2D eigenvalue weighted by atomic mass is 9.99. The van der Waals surface area contributed by atoms with Crippen molar-refractivity contribution in [2.24, 2.45) is 0 Å². The highest BCUT2D eigenvalue weighted by Gasteiger charge is 2.36. The maximum absolute atomic E-state index is 13.7. The van der Waals surface area contributed by atoms with Crippen molar-refractivity contribution in [2.45, 2.75) is 32.2 Å². The van der Waals surface area contributed by atoms with E-state index in [1.807, 2.05) is 6.92 Å². The molecule has 0 spiro atoms. The molecule has 1 unspecified atom stereocenters. The first-order chi connectivity index (χ1) is 8.03. The standard InChI is InChI=1S/C13H17FN2O/c1-9-5-3-6-10(11(9)14)16-12(17)13(2)7-4-8-15-13/h3,5-6,15H,4,7-8H2,1-2H3,(H,16,17). The number of rotatable bonds is 2. The molecule has 1 aliphatic rings. The number of anilines is 1. The molecule has 1 fully saturated rings. The van der Waals surface area contributed by atoms with E-state index < -0.39 is 5.54 Å². The Labute approximate surface area is 100 Å². The first-order valence-electron chi connectivity index (χ1n) is 5.84. The molecule has 4 heteroatoms. The molecule has 1 saturated heterocycles. The minimum absolute atomic E-state index is 0.167. The smallest absolute Gasteiger partial charge is 0.244 e. The van der Waals surface area contributed by atoms with Gasteiger partial charge in [-0.05, 0) is 44.9 Å². The van der Waals surface area contributed by atoms with Gasteiger partial charge in [0.25, 0.3) is 0 Å². The lowest BCUT2D eigenvalue weighted by Gasteiger charge is -2.23. The zero-order valence-corrected chi connectivity index (χ0v) is 10.1. The molecule has 1 amide bonds. The molecule has 0 aromatic heterocycles. The molecule has 0 bridgehead atoms. The normalized spacial score (nSPS) is 23.7. The van der Waals surface area contributed by atoms with Crippen molar-refractivity contribution >= 4 is 11.6 Å². The third kappa shape index (κ3) is 2.31. The van der Waals surface area contributed by atoms with Gasteiger partial charge in [0.05, 0.1) is 11.2 Å². The van der Waals surface area contributed by atoms with Crippen molar-refractivity contribution in [2.75, 3.05) is 11.9 Å². The predicted octanol–water partition coefficient (Wildman–Crippen LogP) is 2.21. The Hall–Kier alpha value is -1.42. The molecular formula is C13H17FN2O. The molecule has 2 rings (SSSR count). The van der Waals surface area contributed by atoms with Crippen LogP contribution in [0.1, 0.15) is 25.3 Å². The van der Waals surface area contributed by atoms with E-state index in [0.29, 0.717) is 5.56 Å². The zero-order chi connectivity index (χ0) is 12.5. The summed E-state index contributed by atoms with van der Waals surface area (Å²) in [7, 11) is 0. The number of benzene rings is 1. The van der Waals surface area contributed by atoms with Crippen LogP contribution in [0.3, 0.4) is 0 Å². The van der Waals surface area contributed by atoms with Gasteiger partial charge in [0, 0.05) is 0 Å². The van der Waals surface area contributed by atoms with Crippen LogP contribution in [0.4, 0.5) is 10.1 Å². The average Bonchev–Trinajstić information content (AvgIpc) is 2.73. The fourth-order valence-electron chi connectivity index (χ4n) is 2.09. The topological polar surface area (TPSA) is 41.1 Å². The number of hydrogen-bond donors (Lipinski definition) is 2. The molecule has 1 atom stereocenters. The minimum Gasteiger partial charge on any atom is -0.322 e. The second-order valence-electron chi connectivity index (χ2n) is 4.75. The predicted molar refractivity (Wildman–Crippen MR) is 65.4 cm³/mol. The first-order valence-corrected chi connectivity index (χ1v) is 5.84. The maximum atomic E-state index is 13.7. The van der Waals surface area contributed by atoms with Gasteiger partial charge in [0.15, 0.2) is 0 Å². The quantitative estimate of drug-likeness (QED) is 0.826. The molecule has 1 heterocycles. The molecule has 1 aromatic rings. The summed E-state index contributed by atoms with van der Waals surface area (Å²) in [6.07, 6.45) is 1.76. The van der Waals surface area contributed by atoms with Crippen LogP contribution in [0.15, 0.2) is 18.2 Å². The van der Waals surface area contributed by atoms with Crippen molar-refractivity contribution in [1.29, 1.82) is 0 Å². The molecule has 92 valence electrons. The summed E-state index contributed by atoms with van der Waals surface area (Å²) in [4.78, 5) is 12.1. The van der Waals surface area contributed by atoms with E-state index in [9.17, 15) is 9.18 Å². The third-order valence-electron chi connectivity index (χ3n) is 3.31. The van der Waals surface area contributed by atoms with Gasteiger partial charge in [-0.1, -0.05) is 12.1 Å². The first kappa shape index (κ1) is 12.0. The fraction of sp³-hybridized carbons (Fsp3) is 0.462. The second-order valence-corrected chi connectivity index (χ2v) is 4.75. The monoisotopic (exact) mass is 236 g/mol. The second kappa shape index (κ2) is 4.45. The molecule has 1 aliphatic heterocycles. The van der Waals surface area contributed by atoms with Crippen molar-refractivity contribution < 1.29 is 9.18 Å². The molecule has 2 N–H and O–H groups in total. The van der Waals surface area contributed by atoms with Gasteiger partial charge in [0.1, 0.15) is 5.82 Å². The Balaban J connectivity index is 2.16. The molecule has 1 aromatic carbocycles. The highest BCUT2D eigenvalue weighted by molar-refractivity contribution is 5.98. The SMILES string of the molecule is Cc1cccc(NC(=O)C2(C)CCCN2)c1F. The van der Waals surface area contributed by atoms with E-state index >= 15 is 0 Å². The van der Waals surface area contributed by atoms with Gasteiger partial charge < -0.3 is 10.6 Å². The minimum atomic E-state index is -0.573. The van der Waals surface area contributed by atoms with Gasteiger partial charge in [-0.3, -0.25) is 4.79 Å². The van der Waals surface area contributed by atoms with Gasteiger partial charge in [-0.15, -0.1) is 0 Å². The van der Waals surface area contributed by atoms with Gasteiger partial charge in [-0.25, -0.2) is 4.39 Å². The number of aryl methyl sites for hydroxylation is 1. The van der Waals surface area contributed by atoms with Crippen LogP contribution in [0.25, 0.3) is 0 Å². The lowest BCUT2D eigenvalue weighted by Crippen LogP contribution is -2.48. The van der Waals surface area contributed by atoms with E-state index in [-0.39, 0.29) is 17.4 Å². The zero-order valence-electron chi connectivity index (χ0n) is 10.1. The van der Waals surface area contributed by atoms with Crippen molar-refractivity contribution in [3.05, 3.63) is 29.6 Å². The lowest BCUT2D eigenvalue weighted by molar-refractivity contribution is -0.121. The summed E-state index contributed by atoms with van der Waals surface area (Å²) >= 11 is 0. The highest BCUT2D eigenvalue weighted by atomic mass is 19.1. The van der Waals surface area contributed by atoms with Crippen LogP contribution in [0.5, 0.6) is 0 Å². The fourth-order valence-corrected chi connectivity index (χ4v) is 2.09. The Morgan fingerprint density at radius 2 is 2.29 bits per heavy atom. The molecule has 0 radical (unpaired) electrons. The average molecular weight is 236 g/mol. The number of halogens is 1. The van der Waals surface area contributed by atoms with E-state index in [1.54, 1.807) is 25.1 Å². The Kier molecular flexibility index (Phi) is 3.15. The van der Waals surface area contributed by atoms with E-state index in [0.717, 1.165) is 19.4 Å². The van der Waals surface area contributed by atoms with Crippen LogP contribution in [0.2, 0.25) is 0 Å². The van der Waals surface area contributed by atoms with Crippen molar-refractivity contribution in [3.63, 3.8) is 0 Å². The summed E-state index contributed by atoms with van der Waals surface area (Å²) < 4.78 is 13.7. The van der Waals surface area contributed by atoms with Crippen LogP contribution in [0, 0.1) is 12.7 Å². The van der Waals surface area contributed by atoms with Gasteiger partial charge in [0.2, 0.25) is 5.91 Å². The maximum Gasteiger partial charge on any atom is 0.244 e.